The minimum atomic E-state index is -0.185. The van der Waals surface area contributed by atoms with Crippen molar-refractivity contribution in [1.29, 1.82) is 0 Å². The molecule has 0 unspecified atom stereocenters. The lowest BCUT2D eigenvalue weighted by Crippen LogP contribution is -2.50. The van der Waals surface area contributed by atoms with Gasteiger partial charge in [0.25, 0.3) is 0 Å². The first-order chi connectivity index (χ1) is 12.0. The zero-order valence-corrected chi connectivity index (χ0v) is 15.7. The Morgan fingerprint density at radius 3 is 2.56 bits per heavy atom. The lowest BCUT2D eigenvalue weighted by atomic mass is 9.84. The summed E-state index contributed by atoms with van der Waals surface area (Å²) in [5, 5.41) is 6.98. The van der Waals surface area contributed by atoms with Crippen LogP contribution in [0.25, 0.3) is 0 Å². The molecule has 138 valence electrons. The van der Waals surface area contributed by atoms with Gasteiger partial charge in [-0.2, -0.15) is 0 Å². The molecule has 0 amide bonds. The number of nitrogens with one attached hydrogen (secondary N) is 2. The van der Waals surface area contributed by atoms with Gasteiger partial charge in [-0.1, -0.05) is 26.0 Å². The van der Waals surface area contributed by atoms with E-state index in [0.29, 0.717) is 12.6 Å². The van der Waals surface area contributed by atoms with Gasteiger partial charge in [-0.15, -0.1) is 0 Å². The van der Waals surface area contributed by atoms with Crippen LogP contribution in [0.5, 0.6) is 0 Å². The fourth-order valence-electron chi connectivity index (χ4n) is 3.55. The van der Waals surface area contributed by atoms with Crippen LogP contribution in [0.4, 0.5) is 4.39 Å². The highest BCUT2D eigenvalue weighted by atomic mass is 19.1. The van der Waals surface area contributed by atoms with E-state index in [1.807, 2.05) is 13.1 Å². The maximum Gasteiger partial charge on any atom is 0.191 e. The lowest BCUT2D eigenvalue weighted by molar-refractivity contribution is 0.197. The topological polar surface area (TPSA) is 39.7 Å². The van der Waals surface area contributed by atoms with E-state index in [0.717, 1.165) is 17.6 Å². The highest BCUT2D eigenvalue weighted by Crippen LogP contribution is 2.29. The molecule has 0 radical (unpaired) electrons. The van der Waals surface area contributed by atoms with Crippen LogP contribution < -0.4 is 10.6 Å². The number of guanidine groups is 1. The van der Waals surface area contributed by atoms with Crippen molar-refractivity contribution in [1.82, 2.24) is 15.5 Å². The van der Waals surface area contributed by atoms with Crippen LogP contribution in [0.2, 0.25) is 0 Å². The smallest absolute Gasteiger partial charge is 0.191 e. The molecule has 1 aliphatic heterocycles. The quantitative estimate of drug-likeness (QED) is 0.636. The van der Waals surface area contributed by atoms with Crippen molar-refractivity contribution in [2.45, 2.75) is 57.0 Å². The molecule has 2 N–H and O–H groups in total. The molecule has 0 bridgehead atoms. The molecule has 0 atom stereocenters. The van der Waals surface area contributed by atoms with Crippen LogP contribution in [0, 0.1) is 5.82 Å². The fourth-order valence-corrected chi connectivity index (χ4v) is 3.55. The van der Waals surface area contributed by atoms with E-state index >= 15 is 0 Å². The Bertz CT molecular complexity index is 601. The Hall–Kier alpha value is -1.62. The van der Waals surface area contributed by atoms with Crippen molar-refractivity contribution in [2.75, 3.05) is 26.7 Å². The van der Waals surface area contributed by atoms with E-state index in [9.17, 15) is 4.39 Å². The van der Waals surface area contributed by atoms with E-state index in [1.54, 1.807) is 12.1 Å². The number of nitrogens with zero attached hydrogens (tertiary/aromatic N) is 2. The molecule has 25 heavy (non-hydrogen) atoms. The minimum Gasteiger partial charge on any atom is -0.356 e. The third-order valence-corrected chi connectivity index (χ3v) is 5.46. The number of rotatable bonds is 5. The average Bonchev–Trinajstić information content (AvgIpc) is 3.44. The van der Waals surface area contributed by atoms with E-state index < -0.39 is 0 Å². The molecular weight excluding hydrogens is 315 g/mol. The van der Waals surface area contributed by atoms with E-state index in [2.05, 4.69) is 34.4 Å². The molecular formula is C20H31FN4. The monoisotopic (exact) mass is 346 g/mol. The van der Waals surface area contributed by atoms with Gasteiger partial charge in [-0.3, -0.25) is 4.99 Å². The van der Waals surface area contributed by atoms with Gasteiger partial charge >= 0.3 is 0 Å². The second-order valence-electron chi connectivity index (χ2n) is 8.01. The Kier molecular flexibility index (Phi) is 5.62. The molecule has 1 saturated carbocycles. The van der Waals surface area contributed by atoms with Crippen LogP contribution >= 0.6 is 0 Å². The second kappa shape index (κ2) is 7.73. The van der Waals surface area contributed by atoms with Crippen molar-refractivity contribution in [3.8, 4) is 0 Å². The third-order valence-electron chi connectivity index (χ3n) is 5.46. The maximum absolute atomic E-state index is 13.5. The predicted molar refractivity (Wildman–Crippen MR) is 102 cm³/mol. The summed E-state index contributed by atoms with van der Waals surface area (Å²) in [5.41, 5.74) is 0.822. The number of piperidine rings is 1. The highest BCUT2D eigenvalue weighted by molar-refractivity contribution is 5.80. The Labute approximate surface area is 150 Å². The maximum atomic E-state index is 13.5. The van der Waals surface area contributed by atoms with Crippen LogP contribution in [-0.2, 0) is 5.41 Å². The normalized spacial score (nSPS) is 20.6. The average molecular weight is 346 g/mol. The van der Waals surface area contributed by atoms with Crippen molar-refractivity contribution in [3.63, 3.8) is 0 Å². The summed E-state index contributed by atoms with van der Waals surface area (Å²) < 4.78 is 13.5. The van der Waals surface area contributed by atoms with Gasteiger partial charge in [0.05, 0.1) is 0 Å². The molecule has 1 aromatic rings. The van der Waals surface area contributed by atoms with Crippen LogP contribution in [0.15, 0.2) is 29.3 Å². The molecule has 0 aromatic heterocycles. The van der Waals surface area contributed by atoms with E-state index in [1.165, 1.54) is 44.8 Å². The van der Waals surface area contributed by atoms with Crippen LogP contribution in [0.3, 0.4) is 0 Å². The molecule has 1 saturated heterocycles. The summed E-state index contributed by atoms with van der Waals surface area (Å²) in [7, 11) is 1.81. The predicted octanol–water partition coefficient (Wildman–Crippen LogP) is 2.90. The van der Waals surface area contributed by atoms with Crippen molar-refractivity contribution >= 4 is 5.96 Å². The summed E-state index contributed by atoms with van der Waals surface area (Å²) in [5.74, 6) is 0.657. The molecule has 5 heteroatoms. The molecule has 2 aliphatic rings. The summed E-state index contributed by atoms with van der Waals surface area (Å²) in [6.07, 6.45) is 5.11. The molecule has 1 aliphatic carbocycles. The Balaban J connectivity index is 1.49. The van der Waals surface area contributed by atoms with Crippen LogP contribution in [-0.4, -0.2) is 49.6 Å². The number of benzene rings is 1. The van der Waals surface area contributed by atoms with E-state index in [4.69, 9.17) is 0 Å². The van der Waals surface area contributed by atoms with Gasteiger partial charge < -0.3 is 15.5 Å². The largest absolute Gasteiger partial charge is 0.356 e. The molecule has 3 rings (SSSR count). The number of halogens is 1. The minimum absolute atomic E-state index is 0.172. The van der Waals surface area contributed by atoms with Gasteiger partial charge in [0, 0.05) is 44.2 Å². The van der Waals surface area contributed by atoms with Gasteiger partial charge in [-0.05, 0) is 43.4 Å². The summed E-state index contributed by atoms with van der Waals surface area (Å²) in [6.45, 7) is 7.33. The summed E-state index contributed by atoms with van der Waals surface area (Å²) in [4.78, 5) is 7.00. The van der Waals surface area contributed by atoms with Crippen LogP contribution in [0.1, 0.15) is 45.1 Å². The van der Waals surface area contributed by atoms with Gasteiger partial charge in [0.2, 0.25) is 0 Å². The first-order valence-electron chi connectivity index (χ1n) is 9.45. The van der Waals surface area contributed by atoms with Gasteiger partial charge in [-0.25, -0.2) is 4.39 Å². The highest BCUT2D eigenvalue weighted by Gasteiger charge is 2.32. The number of aliphatic imine (C=N–C) groups is 1. The summed E-state index contributed by atoms with van der Waals surface area (Å²) in [6, 6.07) is 8.21. The number of hydrogen-bond donors (Lipinski definition) is 2. The zero-order chi connectivity index (χ0) is 17.9. The Morgan fingerprint density at radius 2 is 1.96 bits per heavy atom. The van der Waals surface area contributed by atoms with Gasteiger partial charge in [0.1, 0.15) is 5.82 Å². The van der Waals surface area contributed by atoms with Gasteiger partial charge in [0.15, 0.2) is 5.96 Å². The van der Waals surface area contributed by atoms with Crippen molar-refractivity contribution in [2.24, 2.45) is 4.99 Å². The number of likely N-dealkylation sites (tertiary alicyclic amines) is 1. The molecule has 2 fully saturated rings. The first-order valence-corrected chi connectivity index (χ1v) is 9.45. The fraction of sp³-hybridized carbons (Fsp3) is 0.650. The SMILES string of the molecule is CN=C(NCC(C)(C)c1cccc(F)c1)NC1CCN(C2CC2)CC1. The van der Waals surface area contributed by atoms with Crippen molar-refractivity contribution < 1.29 is 4.39 Å². The number of hydrogen-bond acceptors (Lipinski definition) is 2. The molecule has 1 aromatic carbocycles. The lowest BCUT2D eigenvalue weighted by Gasteiger charge is -2.34. The second-order valence-corrected chi connectivity index (χ2v) is 8.01. The molecule has 1 heterocycles. The third kappa shape index (κ3) is 4.94. The zero-order valence-electron chi connectivity index (χ0n) is 15.7. The Morgan fingerprint density at radius 1 is 1.24 bits per heavy atom. The summed E-state index contributed by atoms with van der Waals surface area (Å²) >= 11 is 0. The first kappa shape index (κ1) is 18.2. The standard InChI is InChI=1S/C20H31FN4/c1-20(2,15-5-4-6-16(21)13-15)14-23-19(22-3)24-17-9-11-25(12-10-17)18-7-8-18/h4-6,13,17-18H,7-12,14H2,1-3H3,(H2,22,23,24). The molecule has 0 spiro atoms. The molecule has 4 nitrogen and oxygen atoms in total. The van der Waals surface area contributed by atoms with Crippen molar-refractivity contribution in [3.05, 3.63) is 35.6 Å². The van der Waals surface area contributed by atoms with E-state index in [-0.39, 0.29) is 11.2 Å².